The third-order valence-corrected chi connectivity index (χ3v) is 6.24. The summed E-state index contributed by atoms with van der Waals surface area (Å²) in [5, 5.41) is 9.52. The van der Waals surface area contributed by atoms with Gasteiger partial charge in [0.1, 0.15) is 17.2 Å². The number of fused-ring (bicyclic) bond motifs is 3. The molecule has 1 aliphatic heterocycles. The summed E-state index contributed by atoms with van der Waals surface area (Å²) >= 11 is 1.26. The van der Waals surface area contributed by atoms with Gasteiger partial charge in [-0.3, -0.25) is 14.2 Å². The van der Waals surface area contributed by atoms with Crippen LogP contribution in [0.15, 0.2) is 33.9 Å². The number of nitrogens with zero attached hydrogens (tertiary/aromatic N) is 2. The number of carboxylic acid groups (broad SMARTS) is 1. The first-order valence-corrected chi connectivity index (χ1v) is 9.86. The van der Waals surface area contributed by atoms with Gasteiger partial charge in [0, 0.05) is 16.9 Å². The second kappa shape index (κ2) is 6.93. The van der Waals surface area contributed by atoms with Gasteiger partial charge in [-0.05, 0) is 25.5 Å². The van der Waals surface area contributed by atoms with Gasteiger partial charge in [0.15, 0.2) is 0 Å². The predicted octanol–water partition coefficient (Wildman–Crippen LogP) is 2.35. The van der Waals surface area contributed by atoms with Crippen molar-refractivity contribution in [3.05, 3.63) is 66.9 Å². The molecule has 0 saturated carbocycles. The number of hydrogen-bond donors (Lipinski definition) is 1. The number of ether oxygens (including phenoxy) is 1. The van der Waals surface area contributed by atoms with Gasteiger partial charge >= 0.3 is 11.7 Å². The molecule has 0 atom stereocenters. The SMILES string of the molecule is CC1(C)Cc2c(sc3c2c(=O)n(CC(=O)O)c(=O)n3Cc2ccccc2F)CO1. The van der Waals surface area contributed by atoms with Gasteiger partial charge in [-0.25, -0.2) is 13.8 Å². The molecule has 4 rings (SSSR count). The van der Waals surface area contributed by atoms with Crippen molar-refractivity contribution in [3.8, 4) is 0 Å². The van der Waals surface area contributed by atoms with E-state index in [1.54, 1.807) is 18.2 Å². The second-order valence-corrected chi connectivity index (χ2v) is 8.74. The van der Waals surface area contributed by atoms with Crippen molar-refractivity contribution in [2.75, 3.05) is 0 Å². The Kier molecular flexibility index (Phi) is 4.66. The maximum Gasteiger partial charge on any atom is 0.332 e. The lowest BCUT2D eigenvalue weighted by atomic mass is 9.94. The normalized spacial score (nSPS) is 15.4. The molecule has 0 unspecified atom stereocenters. The number of rotatable bonds is 4. The zero-order valence-corrected chi connectivity index (χ0v) is 16.7. The summed E-state index contributed by atoms with van der Waals surface area (Å²) in [4.78, 5) is 38.6. The van der Waals surface area contributed by atoms with E-state index in [4.69, 9.17) is 4.74 Å². The maximum absolute atomic E-state index is 14.2. The average Bonchev–Trinajstić information content (AvgIpc) is 3.01. The predicted molar refractivity (Wildman–Crippen MR) is 106 cm³/mol. The Morgan fingerprint density at radius 1 is 1.28 bits per heavy atom. The fourth-order valence-corrected chi connectivity index (χ4v) is 4.83. The number of carboxylic acids is 1. The van der Waals surface area contributed by atoms with Crippen LogP contribution in [0.3, 0.4) is 0 Å². The molecule has 3 heterocycles. The van der Waals surface area contributed by atoms with E-state index in [9.17, 15) is 23.9 Å². The van der Waals surface area contributed by atoms with Crippen molar-refractivity contribution in [2.24, 2.45) is 0 Å². The molecular formula is C20H19FN2O5S. The van der Waals surface area contributed by atoms with Crippen LogP contribution in [-0.2, 0) is 35.6 Å². The van der Waals surface area contributed by atoms with E-state index in [-0.39, 0.29) is 12.1 Å². The van der Waals surface area contributed by atoms with Crippen LogP contribution in [0.5, 0.6) is 0 Å². The Morgan fingerprint density at radius 3 is 2.69 bits per heavy atom. The van der Waals surface area contributed by atoms with Gasteiger partial charge in [0.05, 0.1) is 24.1 Å². The van der Waals surface area contributed by atoms with Crippen LogP contribution in [0.4, 0.5) is 4.39 Å². The summed E-state index contributed by atoms with van der Waals surface area (Å²) in [6.45, 7) is 3.25. The number of benzene rings is 1. The molecule has 1 N–H and O–H groups in total. The van der Waals surface area contributed by atoms with Gasteiger partial charge in [0.25, 0.3) is 5.56 Å². The molecule has 0 fully saturated rings. The Morgan fingerprint density at radius 2 is 2.00 bits per heavy atom. The molecular weight excluding hydrogens is 399 g/mol. The first kappa shape index (κ1) is 19.5. The monoisotopic (exact) mass is 418 g/mol. The lowest BCUT2D eigenvalue weighted by Gasteiger charge is -2.29. The van der Waals surface area contributed by atoms with Crippen LogP contribution in [0.25, 0.3) is 10.2 Å². The molecule has 9 heteroatoms. The molecule has 0 saturated heterocycles. The zero-order valence-electron chi connectivity index (χ0n) is 15.9. The van der Waals surface area contributed by atoms with Gasteiger partial charge < -0.3 is 9.84 Å². The van der Waals surface area contributed by atoms with Gasteiger partial charge in [-0.2, -0.15) is 0 Å². The van der Waals surface area contributed by atoms with Gasteiger partial charge in [0.2, 0.25) is 0 Å². The summed E-state index contributed by atoms with van der Waals surface area (Å²) in [5.41, 5.74) is -0.844. The van der Waals surface area contributed by atoms with Gasteiger partial charge in [-0.15, -0.1) is 11.3 Å². The minimum atomic E-state index is -1.30. The Labute approximate surface area is 168 Å². The first-order valence-electron chi connectivity index (χ1n) is 9.05. The number of aliphatic carboxylic acids is 1. The average molecular weight is 418 g/mol. The van der Waals surface area contributed by atoms with E-state index in [1.165, 1.54) is 22.0 Å². The summed E-state index contributed by atoms with van der Waals surface area (Å²) in [6, 6.07) is 6.05. The van der Waals surface area contributed by atoms with Crippen LogP contribution < -0.4 is 11.2 Å². The highest BCUT2D eigenvalue weighted by Crippen LogP contribution is 2.37. The topological polar surface area (TPSA) is 90.5 Å². The van der Waals surface area contributed by atoms with Crippen LogP contribution in [0.2, 0.25) is 0 Å². The van der Waals surface area contributed by atoms with Crippen molar-refractivity contribution in [1.82, 2.24) is 9.13 Å². The molecule has 29 heavy (non-hydrogen) atoms. The molecule has 0 radical (unpaired) electrons. The summed E-state index contributed by atoms with van der Waals surface area (Å²) in [6.07, 6.45) is 0.461. The highest BCUT2D eigenvalue weighted by atomic mass is 32.1. The fraction of sp³-hybridized carbons (Fsp3) is 0.350. The summed E-state index contributed by atoms with van der Waals surface area (Å²) in [5.74, 6) is -1.77. The van der Waals surface area contributed by atoms with Crippen LogP contribution in [-0.4, -0.2) is 25.8 Å². The zero-order chi connectivity index (χ0) is 20.9. The molecule has 7 nitrogen and oxygen atoms in total. The van der Waals surface area contributed by atoms with Gasteiger partial charge in [-0.1, -0.05) is 18.2 Å². The minimum absolute atomic E-state index is 0.106. The molecule has 3 aromatic rings. The molecule has 0 aliphatic carbocycles. The van der Waals surface area contributed by atoms with E-state index in [0.717, 1.165) is 10.4 Å². The van der Waals surface area contributed by atoms with Crippen molar-refractivity contribution >= 4 is 27.5 Å². The van der Waals surface area contributed by atoms with Crippen LogP contribution in [0, 0.1) is 5.82 Å². The Bertz CT molecular complexity index is 1250. The van der Waals surface area contributed by atoms with E-state index in [1.807, 2.05) is 13.8 Å². The molecule has 0 amide bonds. The molecule has 0 bridgehead atoms. The maximum atomic E-state index is 14.2. The molecule has 1 aliphatic rings. The Balaban J connectivity index is 2.03. The number of halogens is 1. The standard InChI is InChI=1S/C20H19FN2O5S/c1-20(2)7-12-14(10-28-20)29-18-16(12)17(26)22(9-15(24)25)19(27)23(18)8-11-5-3-4-6-13(11)21/h3-6H,7-10H2,1-2H3,(H,24,25). The number of thiophene rings is 1. The lowest BCUT2D eigenvalue weighted by Crippen LogP contribution is -2.42. The fourth-order valence-electron chi connectivity index (χ4n) is 3.62. The molecule has 0 spiro atoms. The lowest BCUT2D eigenvalue weighted by molar-refractivity contribution is -0.137. The second-order valence-electron chi connectivity index (χ2n) is 7.65. The quantitative estimate of drug-likeness (QED) is 0.702. The molecule has 2 aromatic heterocycles. The van der Waals surface area contributed by atoms with Crippen molar-refractivity contribution in [1.29, 1.82) is 0 Å². The van der Waals surface area contributed by atoms with E-state index < -0.39 is 35.2 Å². The smallest absolute Gasteiger partial charge is 0.332 e. The van der Waals surface area contributed by atoms with Crippen molar-refractivity contribution in [2.45, 2.75) is 45.6 Å². The number of carbonyl (C=O) groups is 1. The van der Waals surface area contributed by atoms with Crippen molar-refractivity contribution in [3.63, 3.8) is 0 Å². The third-order valence-electron chi connectivity index (χ3n) is 5.01. The summed E-state index contributed by atoms with van der Waals surface area (Å²) in [7, 11) is 0. The highest BCUT2D eigenvalue weighted by Gasteiger charge is 2.32. The van der Waals surface area contributed by atoms with Crippen LogP contribution in [0.1, 0.15) is 29.9 Å². The highest BCUT2D eigenvalue weighted by molar-refractivity contribution is 7.18. The van der Waals surface area contributed by atoms with Crippen LogP contribution >= 0.6 is 11.3 Å². The van der Waals surface area contributed by atoms with Crippen molar-refractivity contribution < 1.29 is 19.0 Å². The number of aromatic nitrogens is 2. The Hall–Kier alpha value is -2.78. The third kappa shape index (κ3) is 3.40. The number of hydrogen-bond acceptors (Lipinski definition) is 5. The largest absolute Gasteiger partial charge is 0.480 e. The molecule has 1 aromatic carbocycles. The first-order chi connectivity index (χ1) is 13.7. The van der Waals surface area contributed by atoms with E-state index in [0.29, 0.717) is 27.8 Å². The summed E-state index contributed by atoms with van der Waals surface area (Å²) < 4.78 is 22.0. The van der Waals surface area contributed by atoms with E-state index >= 15 is 0 Å². The van der Waals surface area contributed by atoms with E-state index in [2.05, 4.69) is 0 Å². The molecule has 152 valence electrons. The minimum Gasteiger partial charge on any atom is -0.480 e.